The van der Waals surface area contributed by atoms with E-state index >= 15 is 0 Å². The maximum atomic E-state index is 14.6. The number of halogens is 2. The van der Waals surface area contributed by atoms with Crippen LogP contribution >= 0.6 is 15.9 Å². The Hall–Kier alpha value is -3.00. The normalized spacial score (nSPS) is 18.6. The van der Waals surface area contributed by atoms with Crippen molar-refractivity contribution in [1.29, 1.82) is 0 Å². The summed E-state index contributed by atoms with van der Waals surface area (Å²) in [5.41, 5.74) is 0.968. The van der Waals surface area contributed by atoms with Crippen molar-refractivity contribution in [2.24, 2.45) is 0 Å². The van der Waals surface area contributed by atoms with Gasteiger partial charge in [-0.2, -0.15) is 0 Å². The molecule has 0 aliphatic carbocycles. The highest BCUT2D eigenvalue weighted by Gasteiger charge is 2.36. The minimum absolute atomic E-state index is 0.235. The number of hydrogen-bond acceptors (Lipinski definition) is 4. The lowest BCUT2D eigenvalue weighted by Gasteiger charge is -2.26. The molecule has 0 spiro atoms. The number of nitrogens with zero attached hydrogens (tertiary/aromatic N) is 2. The number of hydrogen-bond donors (Lipinski definition) is 1. The molecule has 1 N–H and O–H groups in total. The number of carbonyl (C=O) groups is 3. The zero-order chi connectivity index (χ0) is 20.5. The van der Waals surface area contributed by atoms with Crippen LogP contribution < -0.4 is 15.1 Å². The van der Waals surface area contributed by atoms with Gasteiger partial charge < -0.3 is 4.90 Å². The average molecular weight is 458 g/mol. The van der Waals surface area contributed by atoms with Crippen LogP contribution in [0.1, 0.15) is 18.4 Å². The van der Waals surface area contributed by atoms with Gasteiger partial charge >= 0.3 is 6.03 Å². The molecule has 2 aromatic carbocycles. The second kappa shape index (κ2) is 7.79. The second-order valence-corrected chi connectivity index (χ2v) is 7.75. The molecule has 0 atom stereocenters. The van der Waals surface area contributed by atoms with Gasteiger partial charge in [-0.3, -0.25) is 14.9 Å². The smallest absolute Gasteiger partial charge is 0.335 e. The van der Waals surface area contributed by atoms with E-state index < -0.39 is 23.7 Å². The van der Waals surface area contributed by atoms with Gasteiger partial charge in [0.2, 0.25) is 0 Å². The molecule has 2 saturated heterocycles. The van der Waals surface area contributed by atoms with E-state index in [0.29, 0.717) is 16.9 Å². The third kappa shape index (κ3) is 3.80. The summed E-state index contributed by atoms with van der Waals surface area (Å²) in [6.07, 6.45) is 3.35. The second-order valence-electron chi connectivity index (χ2n) is 6.84. The molecular formula is C21H17BrFN3O3. The Balaban J connectivity index is 1.65. The predicted molar refractivity (Wildman–Crippen MR) is 111 cm³/mol. The number of barbiturate groups is 1. The van der Waals surface area contributed by atoms with Crippen molar-refractivity contribution in [3.05, 3.63) is 63.9 Å². The largest absolute Gasteiger partial charge is 0.369 e. The molecule has 29 heavy (non-hydrogen) atoms. The van der Waals surface area contributed by atoms with Crippen LogP contribution in [0, 0.1) is 5.82 Å². The van der Waals surface area contributed by atoms with Crippen molar-refractivity contribution in [2.75, 3.05) is 22.9 Å². The maximum Gasteiger partial charge on any atom is 0.335 e. The predicted octanol–water partition coefficient (Wildman–Crippen LogP) is 3.85. The Morgan fingerprint density at radius 2 is 1.69 bits per heavy atom. The highest BCUT2D eigenvalue weighted by molar-refractivity contribution is 9.10. The van der Waals surface area contributed by atoms with Crippen molar-refractivity contribution in [3.8, 4) is 0 Å². The summed E-state index contributed by atoms with van der Waals surface area (Å²) in [6, 6.07) is 10.3. The Bertz CT molecular complexity index is 1030. The van der Waals surface area contributed by atoms with Gasteiger partial charge in [-0.1, -0.05) is 22.0 Å². The van der Waals surface area contributed by atoms with Gasteiger partial charge in [-0.15, -0.1) is 0 Å². The summed E-state index contributed by atoms with van der Waals surface area (Å²) in [4.78, 5) is 40.2. The third-order valence-electron chi connectivity index (χ3n) is 4.92. The van der Waals surface area contributed by atoms with Crippen LogP contribution in [0.5, 0.6) is 0 Å². The van der Waals surface area contributed by atoms with Gasteiger partial charge in [0.25, 0.3) is 11.8 Å². The molecule has 0 aromatic heterocycles. The van der Waals surface area contributed by atoms with Crippen molar-refractivity contribution >= 4 is 51.2 Å². The number of amides is 4. The first-order chi connectivity index (χ1) is 13.9. The summed E-state index contributed by atoms with van der Waals surface area (Å²) in [5, 5.41) is 2.16. The third-order valence-corrected chi connectivity index (χ3v) is 5.44. The summed E-state index contributed by atoms with van der Waals surface area (Å²) < 4.78 is 15.4. The molecule has 0 unspecified atom stereocenters. The topological polar surface area (TPSA) is 69.7 Å². The lowest BCUT2D eigenvalue weighted by molar-refractivity contribution is -0.122. The van der Waals surface area contributed by atoms with E-state index in [2.05, 4.69) is 21.2 Å². The number of nitrogens with one attached hydrogen (secondary N) is 1. The number of rotatable bonds is 3. The first-order valence-corrected chi connectivity index (χ1v) is 9.95. The number of carbonyl (C=O) groups excluding carboxylic acids is 3. The average Bonchev–Trinajstić information content (AvgIpc) is 3.21. The van der Waals surface area contributed by atoms with Crippen molar-refractivity contribution in [3.63, 3.8) is 0 Å². The Labute approximate surface area is 175 Å². The first-order valence-electron chi connectivity index (χ1n) is 9.15. The molecule has 2 heterocycles. The molecule has 8 heteroatoms. The summed E-state index contributed by atoms with van der Waals surface area (Å²) in [7, 11) is 0. The molecule has 2 aliphatic heterocycles. The molecule has 0 bridgehead atoms. The van der Waals surface area contributed by atoms with Crippen LogP contribution in [0.3, 0.4) is 0 Å². The lowest BCUT2D eigenvalue weighted by atomic mass is 10.1. The number of urea groups is 1. The quantitative estimate of drug-likeness (QED) is 0.561. The van der Waals surface area contributed by atoms with Gasteiger partial charge in [0.15, 0.2) is 0 Å². The van der Waals surface area contributed by atoms with Crippen LogP contribution in [-0.2, 0) is 9.59 Å². The highest BCUT2D eigenvalue weighted by atomic mass is 79.9. The van der Waals surface area contributed by atoms with Crippen molar-refractivity contribution in [1.82, 2.24) is 5.32 Å². The maximum absolute atomic E-state index is 14.6. The van der Waals surface area contributed by atoms with E-state index in [1.807, 2.05) is 4.90 Å². The molecule has 4 rings (SSSR count). The zero-order valence-corrected chi connectivity index (χ0v) is 16.9. The van der Waals surface area contributed by atoms with Gasteiger partial charge in [-0.05, 0) is 60.9 Å². The highest BCUT2D eigenvalue weighted by Crippen LogP contribution is 2.27. The molecule has 4 amide bonds. The monoisotopic (exact) mass is 457 g/mol. The minimum atomic E-state index is -0.824. The zero-order valence-electron chi connectivity index (χ0n) is 15.3. The standard InChI is InChI=1S/C21H17BrFN3O3/c22-14-4-6-15(7-5-14)26-20(28)16(19(27)24-21(26)29)11-13-3-8-18(17(23)12-13)25-9-1-2-10-25/h3-8,11-12H,1-2,9-10H2,(H,24,27,29). The Morgan fingerprint density at radius 3 is 2.34 bits per heavy atom. The summed E-state index contributed by atoms with van der Waals surface area (Å²) in [5.74, 6) is -1.98. The van der Waals surface area contributed by atoms with E-state index in [-0.39, 0.29) is 5.57 Å². The lowest BCUT2D eigenvalue weighted by Crippen LogP contribution is -2.54. The summed E-state index contributed by atoms with van der Waals surface area (Å²) >= 11 is 3.29. The van der Waals surface area contributed by atoms with Gasteiger partial charge in [-0.25, -0.2) is 14.1 Å². The Morgan fingerprint density at radius 1 is 1.00 bits per heavy atom. The van der Waals surface area contributed by atoms with Crippen LogP contribution in [0.25, 0.3) is 6.08 Å². The molecule has 2 aromatic rings. The SMILES string of the molecule is O=C1NC(=O)N(c2ccc(Br)cc2)C(=O)C1=Cc1ccc(N2CCCC2)c(F)c1. The molecule has 6 nitrogen and oxygen atoms in total. The van der Waals surface area contributed by atoms with Gasteiger partial charge in [0, 0.05) is 17.6 Å². The molecular weight excluding hydrogens is 441 g/mol. The molecule has 2 aliphatic rings. The van der Waals surface area contributed by atoms with E-state index in [9.17, 15) is 18.8 Å². The van der Waals surface area contributed by atoms with Gasteiger partial charge in [0.05, 0.1) is 11.4 Å². The van der Waals surface area contributed by atoms with Crippen LogP contribution in [0.2, 0.25) is 0 Å². The fourth-order valence-corrected chi connectivity index (χ4v) is 3.74. The molecule has 2 fully saturated rings. The Kier molecular flexibility index (Phi) is 5.19. The van der Waals surface area contributed by atoms with Crippen LogP contribution in [0.15, 0.2) is 52.5 Å². The minimum Gasteiger partial charge on any atom is -0.369 e. The number of anilines is 2. The number of benzene rings is 2. The van der Waals surface area contributed by atoms with Crippen molar-refractivity contribution in [2.45, 2.75) is 12.8 Å². The molecule has 0 radical (unpaired) electrons. The van der Waals surface area contributed by atoms with E-state index in [0.717, 1.165) is 35.3 Å². The fourth-order valence-electron chi connectivity index (χ4n) is 3.48. The fraction of sp³-hybridized carbons (Fsp3) is 0.190. The molecule has 0 saturated carbocycles. The summed E-state index contributed by atoms with van der Waals surface area (Å²) in [6.45, 7) is 1.62. The number of imide groups is 2. The van der Waals surface area contributed by atoms with E-state index in [1.54, 1.807) is 36.4 Å². The van der Waals surface area contributed by atoms with Gasteiger partial charge in [0.1, 0.15) is 11.4 Å². The van der Waals surface area contributed by atoms with Crippen LogP contribution in [-0.4, -0.2) is 30.9 Å². The molecule has 148 valence electrons. The van der Waals surface area contributed by atoms with Crippen molar-refractivity contribution < 1.29 is 18.8 Å². The van der Waals surface area contributed by atoms with E-state index in [1.165, 1.54) is 12.1 Å². The van der Waals surface area contributed by atoms with E-state index in [4.69, 9.17) is 0 Å². The first kappa shape index (κ1) is 19.3. The van der Waals surface area contributed by atoms with Crippen LogP contribution in [0.4, 0.5) is 20.6 Å².